The van der Waals surface area contributed by atoms with Crippen LogP contribution in [-0.2, 0) is 76.3 Å². The third kappa shape index (κ3) is 13.2. The van der Waals surface area contributed by atoms with Gasteiger partial charge in [-0.1, -0.05) is 44.2 Å². The first kappa shape index (κ1) is 47.3. The number of ether oxygens (including phenoxy) is 8. The molecule has 3 rings (SSSR count). The summed E-state index contributed by atoms with van der Waals surface area (Å²) in [5.41, 5.74) is 0.107. The van der Waals surface area contributed by atoms with Crippen LogP contribution in [0.2, 0.25) is 0 Å². The summed E-state index contributed by atoms with van der Waals surface area (Å²) in [4.78, 5) is 103. The SMILES string of the molecule is CC(=O)OCC1=C[C@H](OC(C)=O)[C@@H]2C[C@H](OC(C)=O)C(C)=C([C@@H](OC(C)=O)C(OC(C)=O)=C(C)[C@H](OC(C)=O)C[C@@H]1OC(=O)C(=Cc1ccccc1)OC(C)=O)C2(C)C. The molecule has 16 nitrogen and oxygen atoms in total. The van der Waals surface area contributed by atoms with Crippen LogP contribution in [-0.4, -0.2) is 84.9 Å². The molecule has 2 bridgehead atoms. The summed E-state index contributed by atoms with van der Waals surface area (Å²) in [5, 5.41) is 0. The predicted molar refractivity (Wildman–Crippen MR) is 207 cm³/mol. The van der Waals surface area contributed by atoms with E-state index in [-0.39, 0.29) is 23.3 Å². The molecule has 0 unspecified atom stereocenters. The lowest BCUT2D eigenvalue weighted by Crippen LogP contribution is -2.49. The lowest BCUT2D eigenvalue weighted by atomic mass is 9.60. The maximum Gasteiger partial charge on any atom is 0.375 e. The van der Waals surface area contributed by atoms with E-state index in [1.807, 2.05) is 0 Å². The van der Waals surface area contributed by atoms with Crippen LogP contribution in [0.15, 0.2) is 70.2 Å². The molecule has 1 aromatic carbocycles. The van der Waals surface area contributed by atoms with Crippen molar-refractivity contribution in [1.82, 2.24) is 0 Å². The van der Waals surface area contributed by atoms with Gasteiger partial charge in [-0.05, 0) is 54.5 Å². The van der Waals surface area contributed by atoms with Crippen LogP contribution in [0.25, 0.3) is 6.08 Å². The highest BCUT2D eigenvalue weighted by atomic mass is 16.6. The van der Waals surface area contributed by atoms with Crippen molar-refractivity contribution in [2.45, 2.75) is 120 Å². The smallest absolute Gasteiger partial charge is 0.375 e. The molecule has 0 heterocycles. The summed E-state index contributed by atoms with van der Waals surface area (Å²) < 4.78 is 46.2. The van der Waals surface area contributed by atoms with E-state index in [0.29, 0.717) is 16.7 Å². The monoisotopic (exact) mass is 824 g/mol. The van der Waals surface area contributed by atoms with Crippen molar-refractivity contribution in [3.63, 3.8) is 0 Å². The van der Waals surface area contributed by atoms with Gasteiger partial charge in [-0.2, -0.15) is 0 Å². The molecule has 59 heavy (non-hydrogen) atoms. The third-order valence-corrected chi connectivity index (χ3v) is 9.69. The Morgan fingerprint density at radius 1 is 0.644 bits per heavy atom. The van der Waals surface area contributed by atoms with E-state index in [1.54, 1.807) is 51.1 Å². The number of carbonyl (C=O) groups excluding carboxylic acids is 8. The Hall–Kier alpha value is -6.06. The third-order valence-electron chi connectivity index (χ3n) is 9.69. The summed E-state index contributed by atoms with van der Waals surface area (Å²) in [6.07, 6.45) is -4.49. The molecule has 0 aromatic heterocycles. The molecular weight excluding hydrogens is 772 g/mol. The van der Waals surface area contributed by atoms with Gasteiger partial charge in [0.15, 0.2) is 11.9 Å². The molecule has 16 heteroatoms. The summed E-state index contributed by atoms with van der Waals surface area (Å²) in [5.74, 6) is -8.29. The van der Waals surface area contributed by atoms with Crippen molar-refractivity contribution in [2.75, 3.05) is 6.61 Å². The van der Waals surface area contributed by atoms with Crippen LogP contribution >= 0.6 is 0 Å². The van der Waals surface area contributed by atoms with Gasteiger partial charge in [-0.3, -0.25) is 33.6 Å². The van der Waals surface area contributed by atoms with Crippen molar-refractivity contribution in [1.29, 1.82) is 0 Å². The van der Waals surface area contributed by atoms with Crippen LogP contribution in [0.4, 0.5) is 0 Å². The van der Waals surface area contributed by atoms with E-state index in [1.165, 1.54) is 26.0 Å². The molecule has 2 aliphatic carbocycles. The lowest BCUT2D eigenvalue weighted by molar-refractivity contribution is -0.157. The van der Waals surface area contributed by atoms with E-state index in [4.69, 9.17) is 37.9 Å². The molecule has 2 aliphatic rings. The number of hydrogen-bond acceptors (Lipinski definition) is 16. The molecule has 0 spiro atoms. The van der Waals surface area contributed by atoms with Crippen LogP contribution in [0.5, 0.6) is 0 Å². The molecule has 0 aliphatic heterocycles. The standard InChI is InChI=1S/C43H52O16/c1-22-34(53-25(4)45)19-33-37(55-27(6)47)18-32(21-52-24(3)44)36(59-42(51)38(56-28(7)48)17-31-15-13-12-14-16-31)20-35(54-26(5)46)23(2)40(57-29(8)49)41(58-30(9)50)39(22)43(33,10)11/h12-18,33-37,41H,19-21H2,1-11H3/t33-,34-,35+,36-,37-,41+/m0/s1. The van der Waals surface area contributed by atoms with Gasteiger partial charge < -0.3 is 37.9 Å². The molecule has 0 N–H and O–H groups in total. The number of benzene rings is 1. The fourth-order valence-electron chi connectivity index (χ4n) is 7.30. The topological polar surface area (TPSA) is 210 Å². The molecular formula is C43H52O16. The molecule has 0 saturated heterocycles. The first-order chi connectivity index (χ1) is 27.5. The van der Waals surface area contributed by atoms with E-state index >= 15 is 0 Å². The number of fused-ring (bicyclic) bond motifs is 2. The van der Waals surface area contributed by atoms with Gasteiger partial charge >= 0.3 is 47.8 Å². The van der Waals surface area contributed by atoms with Gasteiger partial charge in [0.05, 0.1) is 0 Å². The van der Waals surface area contributed by atoms with E-state index < -0.39 is 108 Å². The van der Waals surface area contributed by atoms with Crippen molar-refractivity contribution >= 4 is 53.8 Å². The quantitative estimate of drug-likeness (QED) is 0.0908. The first-order valence-electron chi connectivity index (χ1n) is 18.8. The second kappa shape index (κ2) is 20.6. The van der Waals surface area contributed by atoms with Crippen LogP contribution in [0, 0.1) is 11.3 Å². The first-order valence-corrected chi connectivity index (χ1v) is 18.8. The van der Waals surface area contributed by atoms with Crippen molar-refractivity contribution in [3.05, 3.63) is 75.8 Å². The summed E-state index contributed by atoms with van der Waals surface area (Å²) in [6.45, 7) is 14.0. The van der Waals surface area contributed by atoms with Gasteiger partial charge in [0.2, 0.25) is 5.76 Å². The van der Waals surface area contributed by atoms with Crippen molar-refractivity contribution in [3.8, 4) is 0 Å². The Morgan fingerprint density at radius 2 is 1.20 bits per heavy atom. The highest BCUT2D eigenvalue weighted by Gasteiger charge is 2.52. The van der Waals surface area contributed by atoms with Gasteiger partial charge in [0.25, 0.3) is 0 Å². The zero-order chi connectivity index (χ0) is 44.4. The zero-order valence-corrected chi connectivity index (χ0v) is 35.2. The lowest BCUT2D eigenvalue weighted by Gasteiger charge is -2.48. The zero-order valence-electron chi connectivity index (χ0n) is 35.2. The Morgan fingerprint density at radius 3 is 1.71 bits per heavy atom. The fraction of sp³-hybridized carbons (Fsp3) is 0.488. The average molecular weight is 825 g/mol. The van der Waals surface area contributed by atoms with Crippen LogP contribution in [0.3, 0.4) is 0 Å². The molecule has 320 valence electrons. The number of rotatable bonds is 11. The fourth-order valence-corrected chi connectivity index (χ4v) is 7.30. The number of carbonyl (C=O) groups is 8. The van der Waals surface area contributed by atoms with Gasteiger partial charge in [0, 0.05) is 72.0 Å². The minimum absolute atomic E-state index is 0.0328. The second-order valence-electron chi connectivity index (χ2n) is 14.7. The Labute approximate surface area is 342 Å². The second-order valence-corrected chi connectivity index (χ2v) is 14.7. The Kier molecular flexibility index (Phi) is 16.5. The van der Waals surface area contributed by atoms with E-state index in [2.05, 4.69) is 0 Å². The summed E-state index contributed by atoms with van der Waals surface area (Å²) in [7, 11) is 0. The normalized spacial score (nSPS) is 23.2. The van der Waals surface area contributed by atoms with Gasteiger partial charge in [-0.15, -0.1) is 0 Å². The Bertz CT molecular complexity index is 1950. The minimum atomic E-state index is -1.54. The van der Waals surface area contributed by atoms with Crippen LogP contribution in [0.1, 0.15) is 94.6 Å². The van der Waals surface area contributed by atoms with E-state index in [0.717, 1.165) is 41.5 Å². The molecule has 0 radical (unpaired) electrons. The summed E-state index contributed by atoms with van der Waals surface area (Å²) >= 11 is 0. The average Bonchev–Trinajstić information content (AvgIpc) is 3.10. The maximum atomic E-state index is 14.1. The molecule has 0 fully saturated rings. The maximum absolute atomic E-state index is 14.1. The highest BCUT2D eigenvalue weighted by Crippen LogP contribution is 2.52. The Balaban J connectivity index is 2.57. The highest BCUT2D eigenvalue weighted by molar-refractivity contribution is 5.94. The predicted octanol–water partition coefficient (Wildman–Crippen LogP) is 5.32. The van der Waals surface area contributed by atoms with Gasteiger partial charge in [0.1, 0.15) is 31.0 Å². The van der Waals surface area contributed by atoms with E-state index in [9.17, 15) is 38.4 Å². The molecule has 0 saturated carbocycles. The molecule has 0 amide bonds. The van der Waals surface area contributed by atoms with Crippen LogP contribution < -0.4 is 0 Å². The largest absolute Gasteiger partial charge is 0.461 e. The number of esters is 8. The van der Waals surface area contributed by atoms with Gasteiger partial charge in [-0.25, -0.2) is 4.79 Å². The minimum Gasteiger partial charge on any atom is -0.461 e. The molecule has 1 aromatic rings. The van der Waals surface area contributed by atoms with Crippen molar-refractivity contribution in [2.24, 2.45) is 11.3 Å². The molecule has 6 atom stereocenters. The summed E-state index contributed by atoms with van der Waals surface area (Å²) in [6, 6.07) is 8.40. The van der Waals surface area contributed by atoms with Crippen molar-refractivity contribution < 1.29 is 76.3 Å². The number of hydrogen-bond donors (Lipinski definition) is 0.